The van der Waals surface area contributed by atoms with Crippen LogP contribution in [0, 0.1) is 0 Å². The van der Waals surface area contributed by atoms with E-state index in [0.717, 1.165) is 25.3 Å². The third kappa shape index (κ3) is 5.50. The third-order valence-corrected chi connectivity index (χ3v) is 3.27. The summed E-state index contributed by atoms with van der Waals surface area (Å²) < 4.78 is 2.00. The van der Waals surface area contributed by atoms with Gasteiger partial charge in [-0.2, -0.15) is 5.10 Å². The Kier molecular flexibility index (Phi) is 7.43. The number of hydrogen-bond acceptors (Lipinski definition) is 3. The normalized spacial score (nSPS) is 10.9. The second-order valence-electron chi connectivity index (χ2n) is 5.37. The van der Waals surface area contributed by atoms with Gasteiger partial charge in [-0.15, -0.1) is 12.4 Å². The summed E-state index contributed by atoms with van der Waals surface area (Å²) in [5.41, 5.74) is 8.13. The molecule has 0 saturated heterocycles. The van der Waals surface area contributed by atoms with Crippen molar-refractivity contribution in [3.8, 4) is 0 Å². The summed E-state index contributed by atoms with van der Waals surface area (Å²) in [6.07, 6.45) is 2.04. The van der Waals surface area contributed by atoms with Gasteiger partial charge in [-0.1, -0.05) is 30.3 Å². The van der Waals surface area contributed by atoms with E-state index in [4.69, 9.17) is 5.73 Å². The van der Waals surface area contributed by atoms with Gasteiger partial charge >= 0.3 is 0 Å². The van der Waals surface area contributed by atoms with Crippen LogP contribution >= 0.6 is 12.4 Å². The minimum atomic E-state index is 0. The number of aromatic nitrogens is 2. The zero-order valence-electron chi connectivity index (χ0n) is 12.8. The molecule has 116 valence electrons. The molecule has 4 nitrogen and oxygen atoms in total. The van der Waals surface area contributed by atoms with E-state index in [-0.39, 0.29) is 12.4 Å². The summed E-state index contributed by atoms with van der Waals surface area (Å²) in [7, 11) is 0. The van der Waals surface area contributed by atoms with E-state index in [2.05, 4.69) is 54.2 Å². The molecule has 2 N–H and O–H groups in total. The van der Waals surface area contributed by atoms with Crippen LogP contribution in [0.4, 0.5) is 0 Å². The van der Waals surface area contributed by atoms with E-state index in [0.29, 0.717) is 12.6 Å². The van der Waals surface area contributed by atoms with Crippen LogP contribution in [0.2, 0.25) is 0 Å². The van der Waals surface area contributed by atoms with Gasteiger partial charge in [-0.3, -0.25) is 9.58 Å². The first kappa shape index (κ1) is 17.7. The molecule has 0 radical (unpaired) electrons. The number of halogens is 1. The van der Waals surface area contributed by atoms with Crippen LogP contribution in [0.3, 0.4) is 0 Å². The lowest BCUT2D eigenvalue weighted by molar-refractivity contribution is 0.260. The highest BCUT2D eigenvalue weighted by atomic mass is 35.5. The number of hydrogen-bond donors (Lipinski definition) is 1. The summed E-state index contributed by atoms with van der Waals surface area (Å²) >= 11 is 0. The molecule has 0 aliphatic rings. The average Bonchev–Trinajstić information content (AvgIpc) is 2.89. The van der Waals surface area contributed by atoms with Crippen LogP contribution in [0.5, 0.6) is 0 Å². The Labute approximate surface area is 133 Å². The molecule has 0 saturated carbocycles. The fraction of sp³-hybridized carbons (Fsp3) is 0.438. The van der Waals surface area contributed by atoms with Crippen molar-refractivity contribution >= 4 is 12.4 Å². The molecule has 0 aliphatic heterocycles. The van der Waals surface area contributed by atoms with Gasteiger partial charge in [0.1, 0.15) is 0 Å². The van der Waals surface area contributed by atoms with Crippen molar-refractivity contribution in [1.29, 1.82) is 0 Å². The molecule has 21 heavy (non-hydrogen) atoms. The molecule has 0 spiro atoms. The quantitative estimate of drug-likeness (QED) is 0.855. The molecule has 0 amide bonds. The van der Waals surface area contributed by atoms with E-state index >= 15 is 0 Å². The number of nitrogens with zero attached hydrogens (tertiary/aromatic N) is 3. The SMILES string of the molecule is CC(C)n1ccc(CN(CCN)Cc2ccccc2)n1.Cl. The molecule has 5 heteroatoms. The Balaban J connectivity index is 0.00000220. The van der Waals surface area contributed by atoms with Gasteiger partial charge in [0.25, 0.3) is 0 Å². The maximum Gasteiger partial charge on any atom is 0.0765 e. The first-order valence-electron chi connectivity index (χ1n) is 7.19. The van der Waals surface area contributed by atoms with Crippen molar-refractivity contribution in [2.24, 2.45) is 5.73 Å². The van der Waals surface area contributed by atoms with Gasteiger partial charge in [-0.05, 0) is 25.5 Å². The average molecular weight is 309 g/mol. The molecule has 1 aromatic carbocycles. The Morgan fingerprint density at radius 1 is 1.14 bits per heavy atom. The predicted octanol–water partition coefficient (Wildman–Crippen LogP) is 2.85. The van der Waals surface area contributed by atoms with Crippen LogP contribution in [0.1, 0.15) is 31.1 Å². The van der Waals surface area contributed by atoms with Gasteiger partial charge in [0.15, 0.2) is 0 Å². The lowest BCUT2D eigenvalue weighted by atomic mass is 10.2. The van der Waals surface area contributed by atoms with Crippen LogP contribution in [0.15, 0.2) is 42.6 Å². The van der Waals surface area contributed by atoms with Gasteiger partial charge in [-0.25, -0.2) is 0 Å². The molecule has 1 heterocycles. The first-order valence-corrected chi connectivity index (χ1v) is 7.19. The van der Waals surface area contributed by atoms with Crippen molar-refractivity contribution in [3.63, 3.8) is 0 Å². The molecule has 2 aromatic rings. The number of benzene rings is 1. The minimum Gasteiger partial charge on any atom is -0.329 e. The molecular weight excluding hydrogens is 284 g/mol. The van der Waals surface area contributed by atoms with Gasteiger partial charge in [0, 0.05) is 38.4 Å². The van der Waals surface area contributed by atoms with Gasteiger partial charge in [0.2, 0.25) is 0 Å². The Morgan fingerprint density at radius 2 is 1.86 bits per heavy atom. The monoisotopic (exact) mass is 308 g/mol. The van der Waals surface area contributed by atoms with E-state index in [1.807, 2.05) is 16.9 Å². The summed E-state index contributed by atoms with van der Waals surface area (Å²) in [4.78, 5) is 2.34. The number of nitrogens with two attached hydrogens (primary N) is 1. The summed E-state index contributed by atoms with van der Waals surface area (Å²) in [6.45, 7) is 7.57. The largest absolute Gasteiger partial charge is 0.329 e. The summed E-state index contributed by atoms with van der Waals surface area (Å²) in [6, 6.07) is 13.0. The lowest BCUT2D eigenvalue weighted by Gasteiger charge is -2.20. The van der Waals surface area contributed by atoms with Crippen LogP contribution in [0.25, 0.3) is 0 Å². The van der Waals surface area contributed by atoms with E-state index in [1.165, 1.54) is 5.56 Å². The standard InChI is InChI=1S/C16H24N4.ClH/c1-14(2)20-10-8-16(18-20)13-19(11-9-17)12-15-6-4-3-5-7-15;/h3-8,10,14H,9,11-13,17H2,1-2H3;1H. The second kappa shape index (κ2) is 8.82. The van der Waals surface area contributed by atoms with Crippen molar-refractivity contribution in [1.82, 2.24) is 14.7 Å². The maximum atomic E-state index is 5.72. The fourth-order valence-corrected chi connectivity index (χ4v) is 2.22. The molecule has 0 atom stereocenters. The zero-order chi connectivity index (χ0) is 14.4. The van der Waals surface area contributed by atoms with Crippen LogP contribution < -0.4 is 5.73 Å². The highest BCUT2D eigenvalue weighted by molar-refractivity contribution is 5.85. The Bertz CT molecular complexity index is 510. The molecule has 1 aromatic heterocycles. The highest BCUT2D eigenvalue weighted by Crippen LogP contribution is 2.10. The predicted molar refractivity (Wildman–Crippen MR) is 89.5 cm³/mol. The van der Waals surface area contributed by atoms with Crippen molar-refractivity contribution < 1.29 is 0 Å². The Morgan fingerprint density at radius 3 is 2.43 bits per heavy atom. The lowest BCUT2D eigenvalue weighted by Crippen LogP contribution is -2.29. The fourth-order valence-electron chi connectivity index (χ4n) is 2.22. The summed E-state index contributed by atoms with van der Waals surface area (Å²) in [5.74, 6) is 0. The van der Waals surface area contributed by atoms with E-state index in [9.17, 15) is 0 Å². The number of rotatable bonds is 7. The van der Waals surface area contributed by atoms with Crippen molar-refractivity contribution in [2.75, 3.05) is 13.1 Å². The molecule has 0 unspecified atom stereocenters. The molecule has 2 rings (SSSR count). The maximum absolute atomic E-state index is 5.72. The topological polar surface area (TPSA) is 47.1 Å². The van der Waals surface area contributed by atoms with Crippen molar-refractivity contribution in [2.45, 2.75) is 33.0 Å². The first-order chi connectivity index (χ1) is 9.69. The minimum absolute atomic E-state index is 0. The molecule has 0 fully saturated rings. The third-order valence-electron chi connectivity index (χ3n) is 3.27. The molecule has 0 aliphatic carbocycles. The second-order valence-corrected chi connectivity index (χ2v) is 5.37. The smallest absolute Gasteiger partial charge is 0.0765 e. The van der Waals surface area contributed by atoms with E-state index < -0.39 is 0 Å². The highest BCUT2D eigenvalue weighted by Gasteiger charge is 2.09. The van der Waals surface area contributed by atoms with Crippen LogP contribution in [-0.4, -0.2) is 27.8 Å². The van der Waals surface area contributed by atoms with E-state index in [1.54, 1.807) is 0 Å². The summed E-state index contributed by atoms with van der Waals surface area (Å²) in [5, 5.41) is 4.61. The van der Waals surface area contributed by atoms with Gasteiger partial charge in [0.05, 0.1) is 5.69 Å². The molecule has 0 bridgehead atoms. The Hall–Kier alpha value is -1.36. The molecular formula is C16H25ClN4. The van der Waals surface area contributed by atoms with Crippen LogP contribution in [-0.2, 0) is 13.1 Å². The zero-order valence-corrected chi connectivity index (χ0v) is 13.6. The van der Waals surface area contributed by atoms with Gasteiger partial charge < -0.3 is 5.73 Å². The van der Waals surface area contributed by atoms with Crippen molar-refractivity contribution in [3.05, 3.63) is 53.9 Å².